The molecule has 0 radical (unpaired) electrons. The standard InChI is InChI=1S/C13H14BrClN2/c1-3-11-12(14)13(16-17(11)4-2)9-6-5-7-10(15)8-9/h5-8H,3-4H2,1-2H3. The first-order valence-corrected chi connectivity index (χ1v) is 6.85. The number of halogens is 2. The van der Waals surface area contributed by atoms with E-state index in [1.165, 1.54) is 5.69 Å². The van der Waals surface area contributed by atoms with Crippen LogP contribution in [0.25, 0.3) is 11.3 Å². The highest BCUT2D eigenvalue weighted by Gasteiger charge is 2.14. The third kappa shape index (κ3) is 2.40. The van der Waals surface area contributed by atoms with Crippen LogP contribution in [0, 0.1) is 0 Å². The van der Waals surface area contributed by atoms with Crippen molar-refractivity contribution < 1.29 is 0 Å². The molecular weight excluding hydrogens is 300 g/mol. The van der Waals surface area contributed by atoms with E-state index in [1.54, 1.807) is 0 Å². The van der Waals surface area contributed by atoms with Crippen molar-refractivity contribution in [1.29, 1.82) is 0 Å². The van der Waals surface area contributed by atoms with Crippen LogP contribution in [0.2, 0.25) is 5.02 Å². The average Bonchev–Trinajstić information content (AvgIpc) is 2.65. The minimum Gasteiger partial charge on any atom is -0.268 e. The summed E-state index contributed by atoms with van der Waals surface area (Å²) >= 11 is 9.65. The zero-order valence-electron chi connectivity index (χ0n) is 9.87. The molecule has 0 amide bonds. The molecule has 2 rings (SSSR count). The predicted octanol–water partition coefficient (Wildman–Crippen LogP) is 4.55. The highest BCUT2D eigenvalue weighted by Crippen LogP contribution is 2.31. The molecule has 1 aromatic carbocycles. The van der Waals surface area contributed by atoms with Crippen LogP contribution in [0.5, 0.6) is 0 Å². The van der Waals surface area contributed by atoms with Gasteiger partial charge in [-0.3, -0.25) is 4.68 Å². The van der Waals surface area contributed by atoms with E-state index >= 15 is 0 Å². The van der Waals surface area contributed by atoms with Crippen molar-refractivity contribution in [2.75, 3.05) is 0 Å². The molecule has 0 spiro atoms. The first-order chi connectivity index (χ1) is 8.17. The molecule has 0 saturated carbocycles. The van der Waals surface area contributed by atoms with Crippen molar-refractivity contribution in [2.24, 2.45) is 0 Å². The molecule has 0 fully saturated rings. The lowest BCUT2D eigenvalue weighted by Gasteiger charge is -2.00. The van der Waals surface area contributed by atoms with Crippen molar-refractivity contribution >= 4 is 27.5 Å². The third-order valence-electron chi connectivity index (χ3n) is 2.73. The molecule has 0 aliphatic carbocycles. The average molecular weight is 314 g/mol. The Bertz CT molecular complexity index is 534. The smallest absolute Gasteiger partial charge is 0.107 e. The van der Waals surface area contributed by atoms with Gasteiger partial charge in [-0.05, 0) is 41.4 Å². The second kappa shape index (κ2) is 5.23. The van der Waals surface area contributed by atoms with E-state index in [0.29, 0.717) is 0 Å². The van der Waals surface area contributed by atoms with Crippen molar-refractivity contribution in [3.63, 3.8) is 0 Å². The fourth-order valence-corrected chi connectivity index (χ4v) is 2.88. The number of aromatic nitrogens is 2. The largest absolute Gasteiger partial charge is 0.268 e. The van der Waals surface area contributed by atoms with Gasteiger partial charge < -0.3 is 0 Å². The fourth-order valence-electron chi connectivity index (χ4n) is 1.89. The lowest BCUT2D eigenvalue weighted by atomic mass is 10.1. The third-order valence-corrected chi connectivity index (χ3v) is 3.79. The van der Waals surface area contributed by atoms with E-state index in [-0.39, 0.29) is 0 Å². The molecule has 0 atom stereocenters. The van der Waals surface area contributed by atoms with Crippen molar-refractivity contribution in [1.82, 2.24) is 9.78 Å². The Labute approximate surface area is 115 Å². The van der Waals surface area contributed by atoms with Crippen molar-refractivity contribution in [3.8, 4) is 11.3 Å². The summed E-state index contributed by atoms with van der Waals surface area (Å²) in [4.78, 5) is 0. The van der Waals surface area contributed by atoms with E-state index < -0.39 is 0 Å². The van der Waals surface area contributed by atoms with Crippen LogP contribution in [0.3, 0.4) is 0 Å². The fraction of sp³-hybridized carbons (Fsp3) is 0.308. The maximum atomic E-state index is 6.01. The first-order valence-electron chi connectivity index (χ1n) is 5.68. The molecule has 0 saturated heterocycles. The van der Waals surface area contributed by atoms with Gasteiger partial charge in [-0.15, -0.1) is 0 Å². The molecule has 2 aromatic rings. The molecule has 0 bridgehead atoms. The van der Waals surface area contributed by atoms with Gasteiger partial charge in [0.15, 0.2) is 0 Å². The Balaban J connectivity index is 2.56. The zero-order chi connectivity index (χ0) is 12.4. The number of benzene rings is 1. The molecule has 2 nitrogen and oxygen atoms in total. The van der Waals surface area contributed by atoms with E-state index in [9.17, 15) is 0 Å². The first kappa shape index (κ1) is 12.7. The number of hydrogen-bond acceptors (Lipinski definition) is 1. The molecule has 90 valence electrons. The highest BCUT2D eigenvalue weighted by molar-refractivity contribution is 9.10. The van der Waals surface area contributed by atoms with Crippen LogP contribution >= 0.6 is 27.5 Å². The molecule has 1 aromatic heterocycles. The van der Waals surface area contributed by atoms with E-state index in [2.05, 4.69) is 34.9 Å². The van der Waals surface area contributed by atoms with Crippen LogP contribution in [0.4, 0.5) is 0 Å². The molecule has 1 heterocycles. The Morgan fingerprint density at radius 2 is 2.12 bits per heavy atom. The van der Waals surface area contributed by atoms with Crippen LogP contribution in [-0.2, 0) is 13.0 Å². The van der Waals surface area contributed by atoms with Gasteiger partial charge in [0, 0.05) is 17.1 Å². The van der Waals surface area contributed by atoms with Gasteiger partial charge in [0.2, 0.25) is 0 Å². The van der Waals surface area contributed by atoms with Gasteiger partial charge in [-0.1, -0.05) is 30.7 Å². The summed E-state index contributed by atoms with van der Waals surface area (Å²) in [6.45, 7) is 5.11. The van der Waals surface area contributed by atoms with Crippen molar-refractivity contribution in [3.05, 3.63) is 39.5 Å². The lowest BCUT2D eigenvalue weighted by Crippen LogP contribution is -2.01. The Hall–Kier alpha value is -0.800. The van der Waals surface area contributed by atoms with Crippen LogP contribution in [-0.4, -0.2) is 9.78 Å². The van der Waals surface area contributed by atoms with Gasteiger partial charge in [0.05, 0.1) is 10.2 Å². The molecule has 0 unspecified atom stereocenters. The number of rotatable bonds is 3. The van der Waals surface area contributed by atoms with Gasteiger partial charge >= 0.3 is 0 Å². The molecular formula is C13H14BrClN2. The van der Waals surface area contributed by atoms with Gasteiger partial charge in [0.25, 0.3) is 0 Å². The Morgan fingerprint density at radius 3 is 2.65 bits per heavy atom. The summed E-state index contributed by atoms with van der Waals surface area (Å²) in [5, 5.41) is 5.36. The topological polar surface area (TPSA) is 17.8 Å². The SMILES string of the molecule is CCc1c(Br)c(-c2cccc(Cl)c2)nn1CC. The Morgan fingerprint density at radius 1 is 1.35 bits per heavy atom. The molecule has 0 aliphatic heterocycles. The zero-order valence-corrected chi connectivity index (χ0v) is 12.2. The maximum absolute atomic E-state index is 6.01. The second-order valence-electron chi connectivity index (χ2n) is 3.79. The number of hydrogen-bond donors (Lipinski definition) is 0. The molecule has 0 aliphatic rings. The summed E-state index contributed by atoms with van der Waals surface area (Å²) in [6, 6.07) is 7.78. The quantitative estimate of drug-likeness (QED) is 0.813. The van der Waals surface area contributed by atoms with E-state index in [4.69, 9.17) is 11.6 Å². The van der Waals surface area contributed by atoms with E-state index in [1.807, 2.05) is 28.9 Å². The summed E-state index contributed by atoms with van der Waals surface area (Å²) in [7, 11) is 0. The van der Waals surface area contributed by atoms with Gasteiger partial charge in [-0.2, -0.15) is 5.10 Å². The minimum atomic E-state index is 0.735. The second-order valence-corrected chi connectivity index (χ2v) is 5.02. The minimum absolute atomic E-state index is 0.735. The van der Waals surface area contributed by atoms with Crippen LogP contribution < -0.4 is 0 Å². The normalized spacial score (nSPS) is 10.8. The highest BCUT2D eigenvalue weighted by atomic mass is 79.9. The predicted molar refractivity (Wildman–Crippen MR) is 75.4 cm³/mol. The van der Waals surface area contributed by atoms with Crippen LogP contribution in [0.1, 0.15) is 19.5 Å². The van der Waals surface area contributed by atoms with Gasteiger partial charge in [-0.25, -0.2) is 0 Å². The van der Waals surface area contributed by atoms with Crippen molar-refractivity contribution in [2.45, 2.75) is 26.8 Å². The van der Waals surface area contributed by atoms with E-state index in [0.717, 1.165) is 33.7 Å². The monoisotopic (exact) mass is 312 g/mol. The number of aryl methyl sites for hydroxylation is 1. The lowest BCUT2D eigenvalue weighted by molar-refractivity contribution is 0.627. The number of nitrogens with zero attached hydrogens (tertiary/aromatic N) is 2. The molecule has 17 heavy (non-hydrogen) atoms. The maximum Gasteiger partial charge on any atom is 0.107 e. The molecule has 4 heteroatoms. The summed E-state index contributed by atoms with van der Waals surface area (Å²) < 4.78 is 3.10. The summed E-state index contributed by atoms with van der Waals surface area (Å²) in [5.74, 6) is 0. The summed E-state index contributed by atoms with van der Waals surface area (Å²) in [6.07, 6.45) is 0.960. The Kier molecular flexibility index (Phi) is 3.89. The van der Waals surface area contributed by atoms with Gasteiger partial charge in [0.1, 0.15) is 5.69 Å². The summed E-state index contributed by atoms with van der Waals surface area (Å²) in [5.41, 5.74) is 3.24. The van der Waals surface area contributed by atoms with Crippen LogP contribution in [0.15, 0.2) is 28.7 Å². The molecule has 0 N–H and O–H groups in total.